The zero-order valence-corrected chi connectivity index (χ0v) is 9.02. The van der Waals surface area contributed by atoms with Gasteiger partial charge in [-0.3, -0.25) is 0 Å². The standard InChI is InChI=1S/C11H11ClN2O/c1-8(15)9-3-4-11(10(12)7-9)14-6-2-5-13-14/h2-8,15H,1H3/t8-/m1/s1. The van der Waals surface area contributed by atoms with E-state index in [-0.39, 0.29) is 0 Å². The Hall–Kier alpha value is -1.32. The van der Waals surface area contributed by atoms with Gasteiger partial charge in [-0.25, -0.2) is 4.68 Å². The fraction of sp³-hybridized carbons (Fsp3) is 0.182. The quantitative estimate of drug-likeness (QED) is 0.848. The molecule has 0 spiro atoms. The molecule has 0 saturated carbocycles. The molecule has 15 heavy (non-hydrogen) atoms. The zero-order chi connectivity index (χ0) is 10.8. The van der Waals surface area contributed by atoms with E-state index in [1.807, 2.05) is 24.4 Å². The summed E-state index contributed by atoms with van der Waals surface area (Å²) in [6.07, 6.45) is 3.01. The van der Waals surface area contributed by atoms with Crippen molar-refractivity contribution in [2.45, 2.75) is 13.0 Å². The minimum absolute atomic E-state index is 0.505. The van der Waals surface area contributed by atoms with E-state index in [2.05, 4.69) is 5.10 Å². The Bertz CT molecular complexity index is 452. The topological polar surface area (TPSA) is 38.0 Å². The van der Waals surface area contributed by atoms with Gasteiger partial charge >= 0.3 is 0 Å². The van der Waals surface area contributed by atoms with Crippen LogP contribution in [0.3, 0.4) is 0 Å². The lowest BCUT2D eigenvalue weighted by Gasteiger charge is -2.08. The molecule has 1 heterocycles. The fourth-order valence-corrected chi connectivity index (χ4v) is 1.66. The summed E-state index contributed by atoms with van der Waals surface area (Å²) in [6.45, 7) is 1.71. The first-order chi connectivity index (χ1) is 7.18. The molecule has 2 rings (SSSR count). The number of rotatable bonds is 2. The number of halogens is 1. The predicted molar refractivity (Wildman–Crippen MR) is 59.2 cm³/mol. The summed E-state index contributed by atoms with van der Waals surface area (Å²) in [5.41, 5.74) is 1.61. The molecule has 1 aromatic heterocycles. The van der Waals surface area contributed by atoms with Gasteiger partial charge in [0.2, 0.25) is 0 Å². The zero-order valence-electron chi connectivity index (χ0n) is 8.26. The molecule has 0 radical (unpaired) electrons. The van der Waals surface area contributed by atoms with Crippen LogP contribution >= 0.6 is 11.6 Å². The number of hydrogen-bond donors (Lipinski definition) is 1. The van der Waals surface area contributed by atoms with Crippen LogP contribution in [0.25, 0.3) is 5.69 Å². The highest BCUT2D eigenvalue weighted by Crippen LogP contribution is 2.24. The predicted octanol–water partition coefficient (Wildman–Crippen LogP) is 2.58. The number of aliphatic hydroxyl groups is 1. The van der Waals surface area contributed by atoms with Crippen molar-refractivity contribution in [3.05, 3.63) is 47.2 Å². The third kappa shape index (κ3) is 2.03. The molecule has 0 fully saturated rings. The van der Waals surface area contributed by atoms with Crippen LogP contribution in [-0.2, 0) is 0 Å². The van der Waals surface area contributed by atoms with Gasteiger partial charge in [0.05, 0.1) is 16.8 Å². The molecule has 0 unspecified atom stereocenters. The summed E-state index contributed by atoms with van der Waals surface area (Å²) in [6, 6.07) is 7.27. The Morgan fingerprint density at radius 1 is 1.47 bits per heavy atom. The molecule has 1 atom stereocenters. The highest BCUT2D eigenvalue weighted by molar-refractivity contribution is 6.32. The van der Waals surface area contributed by atoms with Crippen LogP contribution in [0.15, 0.2) is 36.7 Å². The van der Waals surface area contributed by atoms with Gasteiger partial charge in [0, 0.05) is 12.4 Å². The largest absolute Gasteiger partial charge is 0.389 e. The lowest BCUT2D eigenvalue weighted by Crippen LogP contribution is -1.97. The molecule has 0 aliphatic rings. The van der Waals surface area contributed by atoms with Gasteiger partial charge in [-0.15, -0.1) is 0 Å². The van der Waals surface area contributed by atoms with E-state index in [1.165, 1.54) is 0 Å². The first kappa shape index (κ1) is 10.2. The van der Waals surface area contributed by atoms with Crippen LogP contribution in [0.1, 0.15) is 18.6 Å². The monoisotopic (exact) mass is 222 g/mol. The van der Waals surface area contributed by atoms with Crippen molar-refractivity contribution >= 4 is 11.6 Å². The minimum Gasteiger partial charge on any atom is -0.389 e. The van der Waals surface area contributed by atoms with Gasteiger partial charge in [0.25, 0.3) is 0 Å². The number of aromatic nitrogens is 2. The van der Waals surface area contributed by atoms with Gasteiger partial charge in [0.1, 0.15) is 0 Å². The van der Waals surface area contributed by atoms with E-state index in [1.54, 1.807) is 23.9 Å². The SMILES string of the molecule is C[C@@H](O)c1ccc(-n2cccn2)c(Cl)c1. The maximum absolute atomic E-state index is 9.39. The van der Waals surface area contributed by atoms with Gasteiger partial charge in [-0.2, -0.15) is 5.10 Å². The minimum atomic E-state index is -0.505. The molecule has 0 bridgehead atoms. The number of hydrogen-bond acceptors (Lipinski definition) is 2. The molecular formula is C11H11ClN2O. The van der Waals surface area contributed by atoms with Crippen LogP contribution in [0, 0.1) is 0 Å². The lowest BCUT2D eigenvalue weighted by atomic mass is 10.1. The first-order valence-corrected chi connectivity index (χ1v) is 5.04. The molecular weight excluding hydrogens is 212 g/mol. The second-order valence-corrected chi connectivity index (χ2v) is 3.74. The highest BCUT2D eigenvalue weighted by atomic mass is 35.5. The summed E-state index contributed by atoms with van der Waals surface area (Å²) in [5, 5.41) is 14.1. The molecule has 0 amide bonds. The molecule has 1 N–H and O–H groups in total. The van der Waals surface area contributed by atoms with E-state index in [0.29, 0.717) is 5.02 Å². The van der Waals surface area contributed by atoms with Crippen molar-refractivity contribution in [3.63, 3.8) is 0 Å². The van der Waals surface area contributed by atoms with E-state index in [0.717, 1.165) is 11.3 Å². The van der Waals surface area contributed by atoms with Crippen molar-refractivity contribution < 1.29 is 5.11 Å². The van der Waals surface area contributed by atoms with Gasteiger partial charge in [0.15, 0.2) is 0 Å². The Balaban J connectivity index is 2.44. The Kier molecular flexibility index (Phi) is 2.75. The first-order valence-electron chi connectivity index (χ1n) is 4.66. The number of nitrogens with zero attached hydrogens (tertiary/aromatic N) is 2. The summed E-state index contributed by atoms with van der Waals surface area (Å²) < 4.78 is 1.69. The normalized spacial score (nSPS) is 12.7. The molecule has 4 heteroatoms. The third-order valence-corrected chi connectivity index (χ3v) is 2.51. The van der Waals surface area contributed by atoms with Crippen LogP contribution in [-0.4, -0.2) is 14.9 Å². The number of aliphatic hydroxyl groups excluding tert-OH is 1. The maximum Gasteiger partial charge on any atom is 0.0831 e. The smallest absolute Gasteiger partial charge is 0.0831 e. The summed E-state index contributed by atoms with van der Waals surface area (Å²) in [5.74, 6) is 0. The van der Waals surface area contributed by atoms with Crippen LogP contribution in [0.5, 0.6) is 0 Å². The Labute approximate surface area is 92.9 Å². The molecule has 3 nitrogen and oxygen atoms in total. The molecule has 1 aromatic carbocycles. The van der Waals surface area contributed by atoms with Crippen LogP contribution in [0.4, 0.5) is 0 Å². The second-order valence-electron chi connectivity index (χ2n) is 3.34. The van der Waals surface area contributed by atoms with Crippen LogP contribution < -0.4 is 0 Å². The summed E-state index contributed by atoms with van der Waals surface area (Å²) in [4.78, 5) is 0. The van der Waals surface area contributed by atoms with Gasteiger partial charge in [-0.05, 0) is 30.7 Å². The Morgan fingerprint density at radius 3 is 2.80 bits per heavy atom. The van der Waals surface area contributed by atoms with Crippen LogP contribution in [0.2, 0.25) is 5.02 Å². The van der Waals surface area contributed by atoms with E-state index >= 15 is 0 Å². The van der Waals surface area contributed by atoms with E-state index in [9.17, 15) is 5.11 Å². The average Bonchev–Trinajstić information content (AvgIpc) is 2.70. The Morgan fingerprint density at radius 2 is 2.27 bits per heavy atom. The molecule has 0 saturated heterocycles. The van der Waals surface area contributed by atoms with E-state index < -0.39 is 6.10 Å². The molecule has 0 aliphatic carbocycles. The van der Waals surface area contributed by atoms with Crippen molar-refractivity contribution in [2.24, 2.45) is 0 Å². The molecule has 0 aliphatic heterocycles. The lowest BCUT2D eigenvalue weighted by molar-refractivity contribution is 0.199. The van der Waals surface area contributed by atoms with Crippen molar-refractivity contribution in [1.82, 2.24) is 9.78 Å². The summed E-state index contributed by atoms with van der Waals surface area (Å²) >= 11 is 6.09. The average molecular weight is 223 g/mol. The van der Waals surface area contributed by atoms with Crippen molar-refractivity contribution in [1.29, 1.82) is 0 Å². The third-order valence-electron chi connectivity index (χ3n) is 2.21. The van der Waals surface area contributed by atoms with Gasteiger partial charge in [-0.1, -0.05) is 17.7 Å². The maximum atomic E-state index is 9.39. The number of benzene rings is 1. The second kappa shape index (κ2) is 4.04. The van der Waals surface area contributed by atoms with Crippen molar-refractivity contribution in [3.8, 4) is 5.69 Å². The highest BCUT2D eigenvalue weighted by Gasteiger charge is 2.06. The summed E-state index contributed by atoms with van der Waals surface area (Å²) in [7, 11) is 0. The van der Waals surface area contributed by atoms with Gasteiger partial charge < -0.3 is 5.11 Å². The van der Waals surface area contributed by atoms with E-state index in [4.69, 9.17) is 11.6 Å². The molecule has 78 valence electrons. The van der Waals surface area contributed by atoms with Crippen molar-refractivity contribution in [2.75, 3.05) is 0 Å². The molecule has 2 aromatic rings. The fourth-order valence-electron chi connectivity index (χ4n) is 1.38.